The smallest absolute Gasteiger partial charge is 0.418 e. The van der Waals surface area contributed by atoms with Crippen molar-refractivity contribution in [2.24, 2.45) is 0 Å². The van der Waals surface area contributed by atoms with Crippen molar-refractivity contribution in [3.05, 3.63) is 59.2 Å². The van der Waals surface area contributed by atoms with E-state index in [1.165, 1.54) is 11.1 Å². The molecule has 0 aliphatic carbocycles. The number of hydrogen-bond acceptors (Lipinski definition) is 3. The van der Waals surface area contributed by atoms with Crippen molar-refractivity contribution in [3.8, 4) is 11.5 Å². The van der Waals surface area contributed by atoms with Gasteiger partial charge in [0.15, 0.2) is 0 Å². The molecule has 1 N–H and O–H groups in total. The van der Waals surface area contributed by atoms with E-state index in [2.05, 4.69) is 86.6 Å². The Morgan fingerprint density at radius 2 is 1.16 bits per heavy atom. The van der Waals surface area contributed by atoms with E-state index in [1.807, 2.05) is 18.2 Å². The Kier molecular flexibility index (Phi) is 8.22. The molecule has 2 rings (SSSR count). The van der Waals surface area contributed by atoms with Crippen LogP contribution in [0.4, 0.5) is 0 Å². The van der Waals surface area contributed by atoms with E-state index in [9.17, 15) is 4.89 Å². The Balaban J connectivity index is 2.25. The number of rotatable bonds is 10. The predicted octanol–water partition coefficient (Wildman–Crippen LogP) is 8.43. The summed E-state index contributed by atoms with van der Waals surface area (Å²) in [6, 6.07) is 14.3. The van der Waals surface area contributed by atoms with E-state index in [-0.39, 0.29) is 16.2 Å². The highest BCUT2D eigenvalue weighted by Crippen LogP contribution is 2.44. The van der Waals surface area contributed by atoms with Crippen LogP contribution in [-0.4, -0.2) is 4.89 Å². The minimum Gasteiger partial charge on any atom is -0.418 e. The highest BCUT2D eigenvalue weighted by molar-refractivity contribution is 7.41. The molecule has 31 heavy (non-hydrogen) atoms. The topological polar surface area (TPSA) is 38.7 Å². The van der Waals surface area contributed by atoms with Crippen LogP contribution in [0.25, 0.3) is 0 Å². The van der Waals surface area contributed by atoms with Crippen molar-refractivity contribution in [1.29, 1.82) is 0 Å². The molecule has 0 fully saturated rings. The molecule has 172 valence electrons. The molecule has 1 atom stereocenters. The molecule has 2 aromatic rings. The summed E-state index contributed by atoms with van der Waals surface area (Å²) >= 11 is 0. The zero-order valence-corrected chi connectivity index (χ0v) is 21.8. The largest absolute Gasteiger partial charge is 0.460 e. The van der Waals surface area contributed by atoms with Crippen LogP contribution >= 0.6 is 8.60 Å². The molecule has 0 aliphatic heterocycles. The summed E-state index contributed by atoms with van der Waals surface area (Å²) in [5.41, 5.74) is 3.79. The molecule has 0 aromatic heterocycles. The molecule has 3 nitrogen and oxygen atoms in total. The molecule has 4 heteroatoms. The SMILES string of the molecule is CCC(C)(C)c1ccc(OP(O)Oc2ccc(C(C)(C)CC)cc2C(C)(C)CC)cc1. The van der Waals surface area contributed by atoms with E-state index < -0.39 is 8.60 Å². The van der Waals surface area contributed by atoms with Crippen LogP contribution < -0.4 is 9.05 Å². The maximum atomic E-state index is 10.6. The normalized spacial score (nSPS) is 13.7. The van der Waals surface area contributed by atoms with Crippen molar-refractivity contribution >= 4 is 8.60 Å². The molecular weight excluding hydrogens is 403 g/mol. The second-order valence-electron chi connectivity index (χ2n) is 10.4. The second-order valence-corrected chi connectivity index (χ2v) is 11.2. The Morgan fingerprint density at radius 3 is 1.68 bits per heavy atom. The maximum Gasteiger partial charge on any atom is 0.460 e. The first-order valence-corrected chi connectivity index (χ1v) is 12.6. The van der Waals surface area contributed by atoms with Gasteiger partial charge in [0.25, 0.3) is 0 Å². The Hall–Kier alpha value is -1.57. The van der Waals surface area contributed by atoms with Crippen LogP contribution in [-0.2, 0) is 16.2 Å². The third-order valence-corrected chi connectivity index (χ3v) is 7.86. The van der Waals surface area contributed by atoms with E-state index >= 15 is 0 Å². The zero-order valence-electron chi connectivity index (χ0n) is 20.9. The van der Waals surface area contributed by atoms with E-state index in [0.717, 1.165) is 24.8 Å². The van der Waals surface area contributed by atoms with Crippen LogP contribution in [0.1, 0.15) is 98.3 Å². The van der Waals surface area contributed by atoms with Gasteiger partial charge in [0, 0.05) is 5.56 Å². The van der Waals surface area contributed by atoms with Gasteiger partial charge >= 0.3 is 8.60 Å². The van der Waals surface area contributed by atoms with Gasteiger partial charge < -0.3 is 13.9 Å². The Labute approximate surface area is 191 Å². The van der Waals surface area contributed by atoms with Gasteiger partial charge in [-0.25, -0.2) is 0 Å². The Morgan fingerprint density at radius 1 is 0.677 bits per heavy atom. The first-order chi connectivity index (χ1) is 14.4. The summed E-state index contributed by atoms with van der Waals surface area (Å²) in [6.07, 6.45) is 3.09. The summed E-state index contributed by atoms with van der Waals surface area (Å²) in [4.78, 5) is 10.6. The predicted molar refractivity (Wildman–Crippen MR) is 133 cm³/mol. The first kappa shape index (κ1) is 25.7. The molecule has 0 heterocycles. The second kappa shape index (κ2) is 9.92. The van der Waals surface area contributed by atoms with E-state index in [4.69, 9.17) is 9.05 Å². The lowest BCUT2D eigenvalue weighted by atomic mass is 9.76. The zero-order chi connectivity index (χ0) is 23.4. The van der Waals surface area contributed by atoms with Crippen molar-refractivity contribution < 1.29 is 13.9 Å². The minimum absolute atomic E-state index is 0.0707. The third kappa shape index (κ3) is 6.24. The van der Waals surface area contributed by atoms with Gasteiger partial charge in [0.1, 0.15) is 11.5 Å². The summed E-state index contributed by atoms with van der Waals surface area (Å²) in [5.74, 6) is 1.31. The van der Waals surface area contributed by atoms with Crippen molar-refractivity contribution in [1.82, 2.24) is 0 Å². The highest BCUT2D eigenvalue weighted by Gasteiger charge is 2.28. The molecule has 0 bridgehead atoms. The lowest BCUT2D eigenvalue weighted by Gasteiger charge is -2.30. The lowest BCUT2D eigenvalue weighted by Crippen LogP contribution is -2.21. The van der Waals surface area contributed by atoms with Crippen LogP contribution in [0, 0.1) is 0 Å². The molecule has 0 saturated carbocycles. The number of benzene rings is 2. The summed E-state index contributed by atoms with van der Waals surface area (Å²) in [6.45, 7) is 20.0. The third-order valence-electron chi connectivity index (χ3n) is 7.14. The fraction of sp³-hybridized carbons (Fsp3) is 0.556. The molecule has 0 saturated heterocycles. The van der Waals surface area contributed by atoms with Gasteiger partial charge in [0.05, 0.1) is 0 Å². The van der Waals surface area contributed by atoms with Gasteiger partial charge in [-0.3, -0.25) is 0 Å². The summed E-state index contributed by atoms with van der Waals surface area (Å²) in [7, 11) is -2.08. The van der Waals surface area contributed by atoms with Gasteiger partial charge in [-0.1, -0.05) is 86.6 Å². The van der Waals surface area contributed by atoms with Crippen molar-refractivity contribution in [3.63, 3.8) is 0 Å². The molecule has 0 amide bonds. The fourth-order valence-corrected chi connectivity index (χ4v) is 3.98. The maximum absolute atomic E-state index is 10.6. The molecule has 0 radical (unpaired) electrons. The van der Waals surface area contributed by atoms with Crippen molar-refractivity contribution in [2.75, 3.05) is 0 Å². The average molecular weight is 445 g/mol. The first-order valence-electron chi connectivity index (χ1n) is 11.5. The van der Waals surface area contributed by atoms with Crippen molar-refractivity contribution in [2.45, 2.75) is 97.8 Å². The molecule has 0 spiro atoms. The fourth-order valence-electron chi connectivity index (χ4n) is 3.32. The lowest BCUT2D eigenvalue weighted by molar-refractivity contribution is 0.372. The van der Waals surface area contributed by atoms with Crippen LogP contribution in [0.2, 0.25) is 0 Å². The van der Waals surface area contributed by atoms with Gasteiger partial charge in [-0.15, -0.1) is 0 Å². The van der Waals surface area contributed by atoms with Crippen LogP contribution in [0.5, 0.6) is 11.5 Å². The molecule has 0 aliphatic rings. The van der Waals surface area contributed by atoms with Gasteiger partial charge in [-0.05, 0) is 64.8 Å². The molecule has 1 unspecified atom stereocenters. The standard InChI is InChI=1S/C27H41O3P/c1-10-25(4,5)20-13-16-22(17-14-20)29-31(28)30-24-18-15-21(26(6,7)11-2)19-23(24)27(8,9)12-3/h13-19,28H,10-12H2,1-9H3. The quantitative estimate of drug-likeness (QED) is 0.374. The minimum atomic E-state index is -2.08. The van der Waals surface area contributed by atoms with Gasteiger partial charge in [0.2, 0.25) is 0 Å². The van der Waals surface area contributed by atoms with Crippen LogP contribution in [0.15, 0.2) is 42.5 Å². The molecule has 2 aromatic carbocycles. The average Bonchev–Trinajstić information content (AvgIpc) is 2.74. The highest BCUT2D eigenvalue weighted by atomic mass is 31.2. The van der Waals surface area contributed by atoms with Crippen LogP contribution in [0.3, 0.4) is 0 Å². The van der Waals surface area contributed by atoms with Gasteiger partial charge in [-0.2, -0.15) is 0 Å². The summed E-state index contributed by atoms with van der Waals surface area (Å²) in [5, 5.41) is 0. The monoisotopic (exact) mass is 444 g/mol. The van der Waals surface area contributed by atoms with E-state index in [1.54, 1.807) is 0 Å². The summed E-state index contributed by atoms with van der Waals surface area (Å²) < 4.78 is 11.7. The Bertz CT molecular complexity index is 853. The number of hydrogen-bond donors (Lipinski definition) is 1. The van der Waals surface area contributed by atoms with E-state index in [0.29, 0.717) is 11.5 Å². The molecular formula is C27H41O3P.